The molecule has 0 aliphatic carbocycles. The largest absolute Gasteiger partial charge is 0.496 e. The Hall–Kier alpha value is -2.06. The standard InChI is InChI=1S/C19H27N5O2S/c1-15-12-16(4-5-18(15)26-3)13-22(2)6-7-24-14-17(20-21-24)19(25)23-8-10-27-11-9-23/h4-5,12,14H,6-11,13H2,1-3H3. The van der Waals surface area contributed by atoms with Gasteiger partial charge < -0.3 is 14.5 Å². The van der Waals surface area contributed by atoms with E-state index in [2.05, 4.69) is 41.3 Å². The highest BCUT2D eigenvalue weighted by Crippen LogP contribution is 2.19. The molecule has 0 spiro atoms. The first kappa shape index (κ1) is 19.7. The van der Waals surface area contributed by atoms with Gasteiger partial charge in [-0.25, -0.2) is 0 Å². The lowest BCUT2D eigenvalue weighted by Crippen LogP contribution is -2.38. The second-order valence-corrected chi connectivity index (χ2v) is 8.04. The molecule has 8 heteroatoms. The first-order valence-electron chi connectivity index (χ1n) is 9.16. The number of aromatic nitrogens is 3. The van der Waals surface area contributed by atoms with Crippen molar-refractivity contribution in [1.82, 2.24) is 24.8 Å². The van der Waals surface area contributed by atoms with Crippen molar-refractivity contribution in [3.63, 3.8) is 0 Å². The van der Waals surface area contributed by atoms with Crippen molar-refractivity contribution < 1.29 is 9.53 Å². The third-order valence-corrected chi connectivity index (χ3v) is 5.62. The van der Waals surface area contributed by atoms with Gasteiger partial charge in [-0.15, -0.1) is 5.10 Å². The van der Waals surface area contributed by atoms with Crippen LogP contribution in [-0.2, 0) is 13.1 Å². The lowest BCUT2D eigenvalue weighted by Gasteiger charge is -2.25. The van der Waals surface area contributed by atoms with E-state index in [1.807, 2.05) is 22.7 Å². The van der Waals surface area contributed by atoms with Crippen LogP contribution in [-0.4, -0.2) is 76.0 Å². The second-order valence-electron chi connectivity index (χ2n) is 6.81. The summed E-state index contributed by atoms with van der Waals surface area (Å²) in [4.78, 5) is 16.5. The van der Waals surface area contributed by atoms with E-state index in [9.17, 15) is 4.79 Å². The van der Waals surface area contributed by atoms with Crippen molar-refractivity contribution in [2.75, 3.05) is 45.3 Å². The minimum atomic E-state index is -0.0105. The van der Waals surface area contributed by atoms with Crippen LogP contribution in [0.5, 0.6) is 5.75 Å². The van der Waals surface area contributed by atoms with Gasteiger partial charge in [0.25, 0.3) is 5.91 Å². The van der Waals surface area contributed by atoms with Crippen molar-refractivity contribution in [3.05, 3.63) is 41.2 Å². The Morgan fingerprint density at radius 1 is 1.33 bits per heavy atom. The molecule has 27 heavy (non-hydrogen) atoms. The highest BCUT2D eigenvalue weighted by Gasteiger charge is 2.21. The average Bonchev–Trinajstić information content (AvgIpc) is 3.16. The highest BCUT2D eigenvalue weighted by atomic mass is 32.2. The van der Waals surface area contributed by atoms with Crippen LogP contribution in [0.4, 0.5) is 0 Å². The average molecular weight is 390 g/mol. The summed E-state index contributed by atoms with van der Waals surface area (Å²) in [5.74, 6) is 2.89. The zero-order valence-corrected chi connectivity index (χ0v) is 17.0. The minimum Gasteiger partial charge on any atom is -0.496 e. The molecule has 146 valence electrons. The maximum Gasteiger partial charge on any atom is 0.276 e. The van der Waals surface area contributed by atoms with E-state index in [-0.39, 0.29) is 5.91 Å². The summed E-state index contributed by atoms with van der Waals surface area (Å²) in [6.45, 7) is 6.00. The fourth-order valence-corrected chi connectivity index (χ4v) is 4.04. The number of hydrogen-bond donors (Lipinski definition) is 0. The fourth-order valence-electron chi connectivity index (χ4n) is 3.14. The predicted molar refractivity (Wildman–Crippen MR) is 107 cm³/mol. The van der Waals surface area contributed by atoms with Gasteiger partial charge in [-0.3, -0.25) is 9.48 Å². The Kier molecular flexibility index (Phi) is 6.73. The first-order valence-corrected chi connectivity index (χ1v) is 10.3. The quantitative estimate of drug-likeness (QED) is 0.721. The summed E-state index contributed by atoms with van der Waals surface area (Å²) in [6, 6.07) is 6.25. The Morgan fingerprint density at radius 2 is 2.11 bits per heavy atom. The van der Waals surface area contributed by atoms with Crippen molar-refractivity contribution in [1.29, 1.82) is 0 Å². The molecular formula is C19H27N5O2S. The van der Waals surface area contributed by atoms with Crippen molar-refractivity contribution in [2.45, 2.75) is 20.0 Å². The van der Waals surface area contributed by atoms with Crippen LogP contribution >= 0.6 is 11.8 Å². The monoisotopic (exact) mass is 389 g/mol. The summed E-state index contributed by atoms with van der Waals surface area (Å²) in [6.07, 6.45) is 1.76. The van der Waals surface area contributed by atoms with E-state index >= 15 is 0 Å². The van der Waals surface area contributed by atoms with Gasteiger partial charge in [0.2, 0.25) is 0 Å². The molecule has 1 amide bonds. The van der Waals surface area contributed by atoms with Crippen LogP contribution < -0.4 is 4.74 Å². The molecule has 0 saturated carbocycles. The number of likely N-dealkylation sites (N-methyl/N-ethyl adjacent to an activating group) is 1. The van der Waals surface area contributed by atoms with Crippen LogP contribution in [0.2, 0.25) is 0 Å². The number of hydrogen-bond acceptors (Lipinski definition) is 6. The minimum absolute atomic E-state index is 0.0105. The Morgan fingerprint density at radius 3 is 2.81 bits per heavy atom. The number of amides is 1. The molecule has 0 N–H and O–H groups in total. The van der Waals surface area contributed by atoms with Crippen molar-refractivity contribution in [3.8, 4) is 5.75 Å². The van der Waals surface area contributed by atoms with Gasteiger partial charge in [0, 0.05) is 37.7 Å². The summed E-state index contributed by atoms with van der Waals surface area (Å²) >= 11 is 1.88. The van der Waals surface area contributed by atoms with Gasteiger partial charge in [0.1, 0.15) is 5.75 Å². The molecule has 7 nitrogen and oxygen atoms in total. The number of rotatable bonds is 7. The van der Waals surface area contributed by atoms with Crippen LogP contribution in [0.3, 0.4) is 0 Å². The van der Waals surface area contributed by atoms with Gasteiger partial charge in [0.05, 0.1) is 19.9 Å². The number of aryl methyl sites for hydroxylation is 1. The molecule has 2 aromatic rings. The number of carbonyl (C=O) groups is 1. The molecule has 1 aromatic heterocycles. The van der Waals surface area contributed by atoms with E-state index in [0.717, 1.165) is 49.0 Å². The Bertz CT molecular complexity index is 773. The number of methoxy groups -OCH3 is 1. The van der Waals surface area contributed by atoms with E-state index in [1.54, 1.807) is 18.0 Å². The molecule has 1 aliphatic heterocycles. The van der Waals surface area contributed by atoms with Crippen molar-refractivity contribution >= 4 is 17.7 Å². The molecule has 0 unspecified atom stereocenters. The predicted octanol–water partition coefficient (Wildman–Crippen LogP) is 1.92. The molecule has 3 rings (SSSR count). The molecule has 1 aliphatic rings. The topological polar surface area (TPSA) is 63.5 Å². The molecule has 1 fully saturated rings. The smallest absolute Gasteiger partial charge is 0.276 e. The number of nitrogens with zero attached hydrogens (tertiary/aromatic N) is 5. The zero-order valence-electron chi connectivity index (χ0n) is 16.2. The van der Waals surface area contributed by atoms with Gasteiger partial charge in [-0.05, 0) is 31.2 Å². The maximum absolute atomic E-state index is 12.5. The zero-order chi connectivity index (χ0) is 19.2. The fraction of sp³-hybridized carbons (Fsp3) is 0.526. The summed E-state index contributed by atoms with van der Waals surface area (Å²) in [5, 5.41) is 8.19. The third kappa shape index (κ3) is 5.23. The third-order valence-electron chi connectivity index (χ3n) is 4.68. The lowest BCUT2D eigenvalue weighted by molar-refractivity contribution is 0.0766. The van der Waals surface area contributed by atoms with Gasteiger partial charge in [-0.1, -0.05) is 17.3 Å². The summed E-state index contributed by atoms with van der Waals surface area (Å²) in [5.41, 5.74) is 2.82. The van der Waals surface area contributed by atoms with Crippen LogP contribution in [0.25, 0.3) is 0 Å². The highest BCUT2D eigenvalue weighted by molar-refractivity contribution is 7.99. The number of benzene rings is 1. The van der Waals surface area contributed by atoms with Crippen molar-refractivity contribution in [2.24, 2.45) is 0 Å². The Labute approximate surface area is 164 Å². The second kappa shape index (κ2) is 9.23. The van der Waals surface area contributed by atoms with Crippen LogP contribution in [0.15, 0.2) is 24.4 Å². The number of ether oxygens (including phenoxy) is 1. The lowest BCUT2D eigenvalue weighted by atomic mass is 10.1. The molecule has 0 bridgehead atoms. The molecule has 2 heterocycles. The van der Waals surface area contributed by atoms with Crippen LogP contribution in [0.1, 0.15) is 21.6 Å². The van der Waals surface area contributed by atoms with E-state index < -0.39 is 0 Å². The van der Waals surface area contributed by atoms with Gasteiger partial charge in [-0.2, -0.15) is 11.8 Å². The van der Waals surface area contributed by atoms with Crippen LogP contribution in [0, 0.1) is 6.92 Å². The molecule has 0 radical (unpaired) electrons. The number of thioether (sulfide) groups is 1. The summed E-state index contributed by atoms with van der Waals surface area (Å²) < 4.78 is 7.06. The van der Waals surface area contributed by atoms with E-state index in [4.69, 9.17) is 4.74 Å². The number of carbonyl (C=O) groups excluding carboxylic acids is 1. The van der Waals surface area contributed by atoms with Gasteiger partial charge in [0.15, 0.2) is 5.69 Å². The summed E-state index contributed by atoms with van der Waals surface area (Å²) in [7, 11) is 3.77. The maximum atomic E-state index is 12.5. The molecule has 1 aromatic carbocycles. The Balaban J connectivity index is 1.50. The normalized spacial score (nSPS) is 14.6. The SMILES string of the molecule is COc1ccc(CN(C)CCn2cc(C(=O)N3CCSCC3)nn2)cc1C. The first-order chi connectivity index (χ1) is 13.1. The molecule has 0 atom stereocenters. The molecule has 1 saturated heterocycles. The van der Waals surface area contributed by atoms with Gasteiger partial charge >= 0.3 is 0 Å². The van der Waals surface area contributed by atoms with E-state index in [0.29, 0.717) is 12.2 Å². The van der Waals surface area contributed by atoms with E-state index in [1.165, 1.54) is 5.56 Å². The molecular weight excluding hydrogens is 362 g/mol.